The van der Waals surface area contributed by atoms with Gasteiger partial charge in [0.2, 0.25) is 10.0 Å². The summed E-state index contributed by atoms with van der Waals surface area (Å²) in [5.41, 5.74) is -0.391. The van der Waals surface area contributed by atoms with Gasteiger partial charge < -0.3 is 0 Å². The van der Waals surface area contributed by atoms with Gasteiger partial charge in [-0.05, 0) is 6.42 Å². The molecular weight excluding hydrogens is 356 g/mol. The molecule has 1 aromatic heterocycles. The van der Waals surface area contributed by atoms with Crippen molar-refractivity contribution in [3.05, 3.63) is 20.5 Å². The van der Waals surface area contributed by atoms with Crippen molar-refractivity contribution in [3.63, 3.8) is 0 Å². The van der Waals surface area contributed by atoms with E-state index in [-0.39, 0.29) is 15.1 Å². The van der Waals surface area contributed by atoms with Gasteiger partial charge in [0, 0.05) is 17.9 Å². The number of rotatable bonds is 6. The topological polar surface area (TPSA) is 89.3 Å². The van der Waals surface area contributed by atoms with E-state index < -0.39 is 20.6 Å². The number of nitro groups is 1. The highest BCUT2D eigenvalue weighted by atomic mass is 79.9. The van der Waals surface area contributed by atoms with Crippen LogP contribution in [0.1, 0.15) is 6.42 Å². The maximum absolute atomic E-state index is 11.7. The number of halogens is 2. The third kappa shape index (κ3) is 3.88. The fraction of sp³-hybridized carbons (Fsp3) is 0.429. The van der Waals surface area contributed by atoms with Crippen molar-refractivity contribution >= 4 is 54.6 Å². The van der Waals surface area contributed by atoms with Crippen LogP contribution in [0.2, 0.25) is 4.34 Å². The lowest BCUT2D eigenvalue weighted by molar-refractivity contribution is -0.384. The number of alkyl halides is 1. The second-order valence-corrected chi connectivity index (χ2v) is 7.36. The van der Waals surface area contributed by atoms with Gasteiger partial charge in [0.15, 0.2) is 4.34 Å². The highest BCUT2D eigenvalue weighted by Crippen LogP contribution is 2.35. The van der Waals surface area contributed by atoms with Gasteiger partial charge in [-0.1, -0.05) is 27.5 Å². The number of sulfonamides is 1. The Labute approximate surface area is 115 Å². The van der Waals surface area contributed by atoms with E-state index in [1.165, 1.54) is 0 Å². The van der Waals surface area contributed by atoms with Crippen molar-refractivity contribution in [3.8, 4) is 0 Å². The van der Waals surface area contributed by atoms with Crippen molar-refractivity contribution < 1.29 is 13.3 Å². The summed E-state index contributed by atoms with van der Waals surface area (Å²) >= 11 is 9.42. The van der Waals surface area contributed by atoms with Gasteiger partial charge in [-0.15, -0.1) is 11.3 Å². The first kappa shape index (κ1) is 14.8. The number of hydrogen-bond acceptors (Lipinski definition) is 5. The van der Waals surface area contributed by atoms with E-state index in [9.17, 15) is 18.5 Å². The summed E-state index contributed by atoms with van der Waals surface area (Å²) in [6.45, 7) is 0.261. The molecule has 0 atom stereocenters. The Morgan fingerprint density at radius 3 is 2.71 bits per heavy atom. The molecule has 0 aliphatic heterocycles. The van der Waals surface area contributed by atoms with Crippen LogP contribution in [0.3, 0.4) is 0 Å². The van der Waals surface area contributed by atoms with Gasteiger partial charge in [-0.2, -0.15) is 0 Å². The number of thiophene rings is 1. The Hall–Kier alpha value is -0.220. The Kier molecular flexibility index (Phi) is 5.32. The van der Waals surface area contributed by atoms with Crippen LogP contribution in [0.15, 0.2) is 10.3 Å². The lowest BCUT2D eigenvalue weighted by atomic mass is 10.5. The van der Waals surface area contributed by atoms with E-state index in [4.69, 9.17) is 11.6 Å². The SMILES string of the molecule is O=[N+]([O-])c1cc(S(=O)(=O)NCCCBr)sc1Cl. The van der Waals surface area contributed by atoms with Crippen LogP contribution in [0, 0.1) is 10.1 Å². The van der Waals surface area contributed by atoms with Gasteiger partial charge in [-0.3, -0.25) is 10.1 Å². The third-order valence-electron chi connectivity index (χ3n) is 1.71. The molecule has 0 aliphatic rings. The molecule has 0 spiro atoms. The summed E-state index contributed by atoms with van der Waals surface area (Å²) in [5, 5.41) is 11.2. The van der Waals surface area contributed by atoms with Crippen molar-refractivity contribution in [2.24, 2.45) is 0 Å². The summed E-state index contributed by atoms with van der Waals surface area (Å²) in [7, 11) is -3.71. The minimum atomic E-state index is -3.71. The number of nitrogens with zero attached hydrogens (tertiary/aromatic N) is 1. The first-order valence-electron chi connectivity index (χ1n) is 4.38. The minimum absolute atomic E-state index is 0.143. The first-order chi connectivity index (χ1) is 7.88. The monoisotopic (exact) mass is 362 g/mol. The summed E-state index contributed by atoms with van der Waals surface area (Å²) in [5.74, 6) is 0. The van der Waals surface area contributed by atoms with Crippen molar-refractivity contribution in [1.29, 1.82) is 0 Å². The molecule has 10 heteroatoms. The van der Waals surface area contributed by atoms with Crippen molar-refractivity contribution in [2.45, 2.75) is 10.6 Å². The Bertz CT molecular complexity index is 516. The molecular formula is C7H8BrClN2O4S2. The fourth-order valence-corrected chi connectivity index (χ4v) is 4.00. The average Bonchev–Trinajstić information content (AvgIpc) is 2.61. The summed E-state index contributed by atoms with van der Waals surface area (Å²) < 4.78 is 25.4. The number of hydrogen-bond donors (Lipinski definition) is 1. The zero-order valence-electron chi connectivity index (χ0n) is 8.35. The quantitative estimate of drug-likeness (QED) is 0.364. The van der Waals surface area contributed by atoms with E-state index >= 15 is 0 Å². The van der Waals surface area contributed by atoms with Crippen LogP contribution in [-0.2, 0) is 10.0 Å². The Balaban J connectivity index is 2.92. The zero-order valence-corrected chi connectivity index (χ0v) is 12.3. The van der Waals surface area contributed by atoms with Crippen LogP contribution >= 0.6 is 38.9 Å². The van der Waals surface area contributed by atoms with E-state index in [0.29, 0.717) is 23.1 Å². The molecule has 17 heavy (non-hydrogen) atoms. The molecule has 0 aliphatic carbocycles. The Morgan fingerprint density at radius 2 is 2.24 bits per heavy atom. The zero-order chi connectivity index (χ0) is 13.1. The fourth-order valence-electron chi connectivity index (χ4n) is 0.940. The lowest BCUT2D eigenvalue weighted by Gasteiger charge is -2.01. The normalized spacial score (nSPS) is 11.6. The molecule has 0 radical (unpaired) electrons. The third-order valence-corrected chi connectivity index (χ3v) is 5.54. The summed E-state index contributed by atoms with van der Waals surface area (Å²) in [4.78, 5) is 9.82. The largest absolute Gasteiger partial charge is 0.300 e. The molecule has 0 aromatic carbocycles. The molecule has 0 bridgehead atoms. The van der Waals surface area contributed by atoms with Crippen molar-refractivity contribution in [1.82, 2.24) is 4.72 Å². The molecule has 1 N–H and O–H groups in total. The predicted molar refractivity (Wildman–Crippen MR) is 69.6 cm³/mol. The smallest absolute Gasteiger partial charge is 0.258 e. The molecule has 0 saturated carbocycles. The summed E-state index contributed by atoms with van der Waals surface area (Å²) in [6.07, 6.45) is 0.625. The molecule has 1 rings (SSSR count). The van der Waals surface area contributed by atoms with Crippen LogP contribution in [-0.4, -0.2) is 25.2 Å². The van der Waals surface area contributed by atoms with Gasteiger partial charge in [0.05, 0.1) is 4.92 Å². The maximum Gasteiger partial charge on any atom is 0.300 e. The molecule has 96 valence electrons. The van der Waals surface area contributed by atoms with Gasteiger partial charge >= 0.3 is 0 Å². The second-order valence-electron chi connectivity index (χ2n) is 2.92. The van der Waals surface area contributed by atoms with E-state index in [2.05, 4.69) is 20.7 Å². The maximum atomic E-state index is 11.7. The van der Waals surface area contributed by atoms with Gasteiger partial charge in [0.25, 0.3) is 5.69 Å². The average molecular weight is 364 g/mol. The van der Waals surface area contributed by atoms with E-state index in [0.717, 1.165) is 6.07 Å². The van der Waals surface area contributed by atoms with E-state index in [1.54, 1.807) is 0 Å². The van der Waals surface area contributed by atoms with Crippen LogP contribution in [0.5, 0.6) is 0 Å². The Morgan fingerprint density at radius 1 is 1.59 bits per heavy atom. The molecule has 0 amide bonds. The van der Waals surface area contributed by atoms with Crippen molar-refractivity contribution in [2.75, 3.05) is 11.9 Å². The molecule has 0 fully saturated rings. The standard InChI is InChI=1S/C7H8BrClN2O4S2/c8-2-1-3-10-17(14,15)6-4-5(11(12)13)7(9)16-6/h4,10H,1-3H2. The predicted octanol–water partition coefficient (Wildman–Crippen LogP) is 2.37. The van der Waals surface area contributed by atoms with Gasteiger partial charge in [-0.25, -0.2) is 13.1 Å². The molecule has 1 heterocycles. The lowest BCUT2D eigenvalue weighted by Crippen LogP contribution is -2.24. The molecule has 0 unspecified atom stereocenters. The molecule has 0 saturated heterocycles. The van der Waals surface area contributed by atoms with Gasteiger partial charge in [0.1, 0.15) is 4.21 Å². The van der Waals surface area contributed by atoms with E-state index in [1.807, 2.05) is 0 Å². The van der Waals surface area contributed by atoms with Crippen LogP contribution in [0.4, 0.5) is 5.69 Å². The minimum Gasteiger partial charge on any atom is -0.258 e. The summed E-state index contributed by atoms with van der Waals surface area (Å²) in [6, 6.07) is 0.962. The molecule has 6 nitrogen and oxygen atoms in total. The van der Waals surface area contributed by atoms with Crippen LogP contribution in [0.25, 0.3) is 0 Å². The second kappa shape index (κ2) is 6.10. The molecule has 1 aromatic rings. The highest BCUT2D eigenvalue weighted by Gasteiger charge is 2.24. The first-order valence-corrected chi connectivity index (χ1v) is 8.17. The number of nitrogens with one attached hydrogen (secondary N) is 1. The van der Waals surface area contributed by atoms with Crippen LogP contribution < -0.4 is 4.72 Å². The highest BCUT2D eigenvalue weighted by molar-refractivity contribution is 9.09.